The highest BCUT2D eigenvalue weighted by Crippen LogP contribution is 2.28. The molecule has 7 atom stereocenters. The first kappa shape index (κ1) is 39.2. The van der Waals surface area contributed by atoms with Crippen LogP contribution in [0.2, 0.25) is 0 Å². The van der Waals surface area contributed by atoms with Gasteiger partial charge in [0.2, 0.25) is 0 Å². The highest BCUT2D eigenvalue weighted by Gasteiger charge is 2.34. The van der Waals surface area contributed by atoms with E-state index in [0.717, 1.165) is 83.5 Å². The number of aliphatic hydroxyl groups is 4. The number of rotatable bonds is 28. The van der Waals surface area contributed by atoms with E-state index >= 15 is 0 Å². The van der Waals surface area contributed by atoms with E-state index in [1.807, 2.05) is 6.92 Å². The van der Waals surface area contributed by atoms with Gasteiger partial charge in [0.15, 0.2) is 0 Å². The van der Waals surface area contributed by atoms with Gasteiger partial charge in [-0.15, -0.1) is 0 Å². The summed E-state index contributed by atoms with van der Waals surface area (Å²) in [7, 11) is 0. The molecule has 0 bridgehead atoms. The number of hydrogen-bond donors (Lipinski definition) is 4. The average Bonchev–Trinajstić information content (AvgIpc) is 3.61. The second-order valence-electron chi connectivity index (χ2n) is 13.8. The van der Waals surface area contributed by atoms with Crippen LogP contribution in [0.3, 0.4) is 0 Å². The lowest BCUT2D eigenvalue weighted by atomic mass is 9.99. The van der Waals surface area contributed by atoms with Crippen molar-refractivity contribution >= 4 is 5.97 Å². The molecular formula is C37H68O7. The Balaban J connectivity index is 1.38. The van der Waals surface area contributed by atoms with Crippen LogP contribution in [0.15, 0.2) is 11.6 Å². The SMILES string of the molecule is CCCCCCCCCCCC[C@H](O)[C@@H]1CC[C@H]([C@H](O)CCCCC[C@H](O)CCCCCC[C@@H](O)CC2=C[C@H](C)OC2=O)O1. The summed E-state index contributed by atoms with van der Waals surface area (Å²) in [6, 6.07) is 0. The molecule has 7 heteroatoms. The fraction of sp³-hybridized carbons (Fsp3) is 0.919. The van der Waals surface area contributed by atoms with E-state index in [2.05, 4.69) is 6.92 Å². The summed E-state index contributed by atoms with van der Waals surface area (Å²) >= 11 is 0. The zero-order chi connectivity index (χ0) is 32.0. The summed E-state index contributed by atoms with van der Waals surface area (Å²) in [5.74, 6) is -0.302. The predicted molar refractivity (Wildman–Crippen MR) is 177 cm³/mol. The summed E-state index contributed by atoms with van der Waals surface area (Å²) in [6.07, 6.45) is 25.2. The highest BCUT2D eigenvalue weighted by atomic mass is 16.5. The van der Waals surface area contributed by atoms with Gasteiger partial charge in [-0.25, -0.2) is 4.79 Å². The van der Waals surface area contributed by atoms with Crippen LogP contribution in [0.5, 0.6) is 0 Å². The predicted octanol–water partition coefficient (Wildman–Crippen LogP) is 7.84. The third kappa shape index (κ3) is 17.6. The second-order valence-corrected chi connectivity index (χ2v) is 13.8. The summed E-state index contributed by atoms with van der Waals surface area (Å²) in [6.45, 7) is 4.08. The molecule has 0 aromatic heterocycles. The van der Waals surface area contributed by atoms with E-state index < -0.39 is 18.3 Å². The van der Waals surface area contributed by atoms with Crippen molar-refractivity contribution in [3.05, 3.63) is 11.6 Å². The van der Waals surface area contributed by atoms with Crippen LogP contribution < -0.4 is 0 Å². The molecule has 2 aliphatic heterocycles. The Morgan fingerprint density at radius 3 is 1.50 bits per heavy atom. The second kappa shape index (κ2) is 24.2. The molecule has 0 saturated carbocycles. The summed E-state index contributed by atoms with van der Waals surface area (Å²) in [4.78, 5) is 11.7. The Labute approximate surface area is 269 Å². The molecular weight excluding hydrogens is 556 g/mol. The smallest absolute Gasteiger partial charge is 0.334 e. The first-order chi connectivity index (χ1) is 21.3. The lowest BCUT2D eigenvalue weighted by Crippen LogP contribution is -2.31. The first-order valence-corrected chi connectivity index (χ1v) is 18.6. The number of carbonyl (C=O) groups is 1. The quantitative estimate of drug-likeness (QED) is 0.0518. The van der Waals surface area contributed by atoms with Gasteiger partial charge in [-0.2, -0.15) is 0 Å². The van der Waals surface area contributed by atoms with Crippen LogP contribution >= 0.6 is 0 Å². The monoisotopic (exact) mass is 624 g/mol. The fourth-order valence-electron chi connectivity index (χ4n) is 6.77. The molecule has 4 N–H and O–H groups in total. The van der Waals surface area contributed by atoms with Crippen LogP contribution in [0.4, 0.5) is 0 Å². The number of esters is 1. The van der Waals surface area contributed by atoms with Gasteiger partial charge in [0.1, 0.15) is 6.10 Å². The zero-order valence-corrected chi connectivity index (χ0v) is 28.3. The molecule has 258 valence electrons. The van der Waals surface area contributed by atoms with Crippen molar-refractivity contribution in [3.63, 3.8) is 0 Å². The molecule has 2 aliphatic rings. The van der Waals surface area contributed by atoms with Gasteiger partial charge < -0.3 is 29.9 Å². The Bertz CT molecular complexity index is 756. The fourth-order valence-corrected chi connectivity index (χ4v) is 6.77. The maximum Gasteiger partial charge on any atom is 0.334 e. The van der Waals surface area contributed by atoms with Gasteiger partial charge in [-0.1, -0.05) is 116 Å². The molecule has 0 spiro atoms. The summed E-state index contributed by atoms with van der Waals surface area (Å²) < 4.78 is 11.1. The van der Waals surface area contributed by atoms with Gasteiger partial charge in [-0.3, -0.25) is 0 Å². The van der Waals surface area contributed by atoms with Gasteiger partial charge >= 0.3 is 5.97 Å². The molecule has 0 unspecified atom stereocenters. The molecule has 0 aromatic carbocycles. The van der Waals surface area contributed by atoms with Crippen LogP contribution in [-0.4, -0.2) is 69.1 Å². The van der Waals surface area contributed by atoms with E-state index in [1.165, 1.54) is 57.8 Å². The highest BCUT2D eigenvalue weighted by molar-refractivity contribution is 5.90. The van der Waals surface area contributed by atoms with E-state index in [4.69, 9.17) is 9.47 Å². The summed E-state index contributed by atoms with van der Waals surface area (Å²) in [5.41, 5.74) is 0.591. The topological polar surface area (TPSA) is 116 Å². The third-order valence-corrected chi connectivity index (χ3v) is 9.61. The minimum absolute atomic E-state index is 0.132. The molecule has 1 saturated heterocycles. The van der Waals surface area contributed by atoms with Crippen molar-refractivity contribution in [2.75, 3.05) is 0 Å². The van der Waals surface area contributed by atoms with E-state index in [9.17, 15) is 25.2 Å². The van der Waals surface area contributed by atoms with Crippen molar-refractivity contribution in [3.8, 4) is 0 Å². The van der Waals surface area contributed by atoms with E-state index in [-0.39, 0.29) is 30.4 Å². The molecule has 0 radical (unpaired) electrons. The van der Waals surface area contributed by atoms with Gasteiger partial charge in [0.05, 0.1) is 36.6 Å². The van der Waals surface area contributed by atoms with Crippen molar-refractivity contribution in [2.45, 2.75) is 217 Å². The number of hydrogen-bond acceptors (Lipinski definition) is 7. The molecule has 2 heterocycles. The molecule has 0 aliphatic carbocycles. The standard InChI is InChI=1S/C37H68O7/c1-3-4-5-6-7-8-9-10-11-18-23-33(40)35-25-26-36(44-35)34(41)24-19-14-17-21-31(38)20-15-12-13-16-22-32(39)28-30-27-29(2)43-37(30)42/h27,29,31-36,38-41H,3-26,28H2,1-2H3/t29-,31+,32+,33-,34+,35-,36+/m0/s1. The normalized spacial score (nSPS) is 23.0. The van der Waals surface area contributed by atoms with Crippen molar-refractivity contribution in [2.24, 2.45) is 0 Å². The van der Waals surface area contributed by atoms with E-state index in [0.29, 0.717) is 24.8 Å². The van der Waals surface area contributed by atoms with Crippen LogP contribution in [-0.2, 0) is 14.3 Å². The lowest BCUT2D eigenvalue weighted by molar-refractivity contribution is -0.139. The van der Waals surface area contributed by atoms with Gasteiger partial charge in [0.25, 0.3) is 0 Å². The number of unbranched alkanes of at least 4 members (excludes halogenated alkanes) is 14. The maximum absolute atomic E-state index is 11.7. The van der Waals surface area contributed by atoms with E-state index in [1.54, 1.807) is 6.08 Å². The average molecular weight is 625 g/mol. The molecule has 0 amide bonds. The van der Waals surface area contributed by atoms with Gasteiger partial charge in [-0.05, 0) is 57.9 Å². The number of cyclic esters (lactones) is 1. The minimum atomic E-state index is -0.504. The van der Waals surface area contributed by atoms with Gasteiger partial charge in [0, 0.05) is 12.0 Å². The molecule has 2 rings (SSSR count). The Morgan fingerprint density at radius 2 is 1.05 bits per heavy atom. The molecule has 0 aromatic rings. The lowest BCUT2D eigenvalue weighted by Gasteiger charge is -2.22. The van der Waals surface area contributed by atoms with Crippen LogP contribution in [0.1, 0.15) is 174 Å². The van der Waals surface area contributed by atoms with Crippen molar-refractivity contribution < 1.29 is 34.7 Å². The zero-order valence-electron chi connectivity index (χ0n) is 28.3. The third-order valence-electron chi connectivity index (χ3n) is 9.61. The Kier molecular flexibility index (Phi) is 21.6. The Hall–Kier alpha value is -0.990. The molecule has 44 heavy (non-hydrogen) atoms. The largest absolute Gasteiger partial charge is 0.455 e. The Morgan fingerprint density at radius 1 is 0.636 bits per heavy atom. The molecule has 1 fully saturated rings. The van der Waals surface area contributed by atoms with Crippen LogP contribution in [0.25, 0.3) is 0 Å². The van der Waals surface area contributed by atoms with Crippen molar-refractivity contribution in [1.29, 1.82) is 0 Å². The number of aliphatic hydroxyl groups excluding tert-OH is 4. The first-order valence-electron chi connectivity index (χ1n) is 18.6. The maximum atomic E-state index is 11.7. The minimum Gasteiger partial charge on any atom is -0.455 e. The van der Waals surface area contributed by atoms with Crippen molar-refractivity contribution in [1.82, 2.24) is 0 Å². The number of ether oxygens (including phenoxy) is 2. The number of carbonyl (C=O) groups excluding carboxylic acids is 1. The molecule has 7 nitrogen and oxygen atoms in total. The van der Waals surface area contributed by atoms with Crippen LogP contribution in [0, 0.1) is 0 Å². The summed E-state index contributed by atoms with van der Waals surface area (Å²) in [5, 5.41) is 41.8.